The largest absolute Gasteiger partial charge is 0.464 e. The molecule has 0 fully saturated rings. The van der Waals surface area contributed by atoms with Crippen molar-refractivity contribution >= 4 is 23.1 Å². The third-order valence-electron chi connectivity index (χ3n) is 4.11. The van der Waals surface area contributed by atoms with E-state index in [1.165, 1.54) is 21.3 Å². The zero-order valence-corrected chi connectivity index (χ0v) is 17.8. The Hall–Kier alpha value is -4.12. The molecule has 0 atom stereocenters. The van der Waals surface area contributed by atoms with Crippen LogP contribution in [-0.4, -0.2) is 44.4 Å². The molecule has 2 aromatic rings. The monoisotopic (exact) mass is 421 g/mol. The van der Waals surface area contributed by atoms with E-state index in [1.54, 1.807) is 37.3 Å². The molecule has 2 rings (SSSR count). The fraction of sp³-hybridized carbons (Fsp3) is 0.217. The fourth-order valence-corrected chi connectivity index (χ4v) is 2.65. The molecule has 0 aliphatic carbocycles. The number of ether oxygens (including phenoxy) is 1. The second-order valence-electron chi connectivity index (χ2n) is 6.07. The molecule has 0 amide bonds. The lowest BCUT2D eigenvalue weighted by Gasteiger charge is -2.10. The van der Waals surface area contributed by atoms with Crippen LogP contribution in [0.15, 0.2) is 64.0 Å². The minimum absolute atomic E-state index is 0.0279. The van der Waals surface area contributed by atoms with E-state index >= 15 is 0 Å². The quantitative estimate of drug-likeness (QED) is 0.269. The maximum Gasteiger partial charge on any atom is 0.360 e. The van der Waals surface area contributed by atoms with Gasteiger partial charge in [-0.3, -0.25) is 0 Å². The molecule has 0 aliphatic heterocycles. The molecule has 2 aromatic carbocycles. The lowest BCUT2D eigenvalue weighted by molar-refractivity contribution is -0.132. The van der Waals surface area contributed by atoms with Crippen molar-refractivity contribution < 1.29 is 24.0 Å². The Morgan fingerprint density at radius 2 is 1.58 bits per heavy atom. The van der Waals surface area contributed by atoms with Crippen LogP contribution in [0, 0.1) is 12.3 Å². The first-order chi connectivity index (χ1) is 15.0. The normalized spacial score (nSPS) is 12.0. The van der Waals surface area contributed by atoms with Crippen LogP contribution in [0.1, 0.15) is 29.2 Å². The van der Waals surface area contributed by atoms with Crippen molar-refractivity contribution in [3.8, 4) is 12.3 Å². The molecule has 0 saturated carbocycles. The van der Waals surface area contributed by atoms with E-state index in [0.29, 0.717) is 22.6 Å². The number of terminal acetylenes is 1. The molecule has 0 saturated heterocycles. The Morgan fingerprint density at radius 3 is 2.19 bits per heavy atom. The van der Waals surface area contributed by atoms with Gasteiger partial charge in [-0.25, -0.2) is 4.79 Å². The maximum atomic E-state index is 12.1. The molecule has 8 nitrogen and oxygen atoms in total. The van der Waals surface area contributed by atoms with Crippen LogP contribution in [0.4, 0.5) is 0 Å². The molecule has 0 unspecified atom stereocenters. The van der Waals surface area contributed by atoms with E-state index in [4.69, 9.17) is 25.7 Å². The fourth-order valence-electron chi connectivity index (χ4n) is 2.65. The van der Waals surface area contributed by atoms with E-state index in [-0.39, 0.29) is 12.3 Å². The summed E-state index contributed by atoms with van der Waals surface area (Å²) in [5.74, 6) is 1.94. The number of nitrogens with zero attached hydrogens (tertiary/aromatic N) is 3. The Bertz CT molecular complexity index is 1030. The van der Waals surface area contributed by atoms with Gasteiger partial charge in [-0.05, 0) is 19.1 Å². The third-order valence-corrected chi connectivity index (χ3v) is 4.11. The summed E-state index contributed by atoms with van der Waals surface area (Å²) in [7, 11) is 4.07. The second kappa shape index (κ2) is 11.8. The lowest BCUT2D eigenvalue weighted by atomic mass is 10.0. The number of benzene rings is 2. The summed E-state index contributed by atoms with van der Waals surface area (Å²) in [4.78, 5) is 27.3. The third kappa shape index (κ3) is 6.18. The highest BCUT2D eigenvalue weighted by Crippen LogP contribution is 2.14. The Labute approximate surface area is 181 Å². The van der Waals surface area contributed by atoms with Crippen LogP contribution in [0.2, 0.25) is 0 Å². The van der Waals surface area contributed by atoms with Gasteiger partial charge in [0.25, 0.3) is 0 Å². The number of carbonyl (C=O) groups excluding carboxylic acids is 1. The van der Waals surface area contributed by atoms with Gasteiger partial charge < -0.3 is 19.2 Å². The van der Waals surface area contributed by atoms with Gasteiger partial charge in [0, 0.05) is 22.3 Å². The highest BCUT2D eigenvalue weighted by atomic mass is 16.6. The van der Waals surface area contributed by atoms with E-state index in [1.807, 2.05) is 18.2 Å². The molecule has 0 bridgehead atoms. The summed E-state index contributed by atoms with van der Waals surface area (Å²) in [6.45, 7) is 1.81. The Morgan fingerprint density at radius 1 is 0.935 bits per heavy atom. The summed E-state index contributed by atoms with van der Waals surface area (Å²) < 4.78 is 4.78. The predicted molar refractivity (Wildman–Crippen MR) is 118 cm³/mol. The average molecular weight is 421 g/mol. The number of carbonyl (C=O) groups is 1. The molecule has 160 valence electrons. The van der Waals surface area contributed by atoms with Crippen LogP contribution >= 0.6 is 0 Å². The topological polar surface area (TPSA) is 91.1 Å². The van der Waals surface area contributed by atoms with Gasteiger partial charge in [-0.15, -0.1) is 6.42 Å². The van der Waals surface area contributed by atoms with Gasteiger partial charge in [0.1, 0.15) is 32.2 Å². The summed E-state index contributed by atoms with van der Waals surface area (Å²) in [5.41, 5.74) is 3.72. The summed E-state index contributed by atoms with van der Waals surface area (Å²) in [6.07, 6.45) is 5.40. The minimum Gasteiger partial charge on any atom is -0.464 e. The van der Waals surface area contributed by atoms with Crippen LogP contribution in [0.5, 0.6) is 0 Å². The van der Waals surface area contributed by atoms with E-state index in [2.05, 4.69) is 21.4 Å². The first kappa shape index (κ1) is 23.2. The molecular formula is C23H23N3O5. The van der Waals surface area contributed by atoms with E-state index in [9.17, 15) is 4.79 Å². The van der Waals surface area contributed by atoms with Gasteiger partial charge in [-0.2, -0.15) is 0 Å². The maximum absolute atomic E-state index is 12.1. The highest BCUT2D eigenvalue weighted by molar-refractivity contribution is 6.47. The molecule has 0 spiro atoms. The molecular weight excluding hydrogens is 398 g/mol. The Balaban J connectivity index is 2.24. The van der Waals surface area contributed by atoms with Crippen molar-refractivity contribution in [3.05, 3.63) is 70.8 Å². The molecule has 0 radical (unpaired) electrons. The molecule has 8 heteroatoms. The van der Waals surface area contributed by atoms with Gasteiger partial charge in [0.05, 0.1) is 7.11 Å². The smallest absolute Gasteiger partial charge is 0.360 e. The summed E-state index contributed by atoms with van der Waals surface area (Å²) in [6, 6.07) is 14.3. The van der Waals surface area contributed by atoms with Gasteiger partial charge in [-0.1, -0.05) is 57.8 Å². The lowest BCUT2D eigenvalue weighted by Crippen LogP contribution is -2.19. The number of methoxy groups -OCH3 is 1. The zero-order chi connectivity index (χ0) is 22.6. The van der Waals surface area contributed by atoms with Crippen LogP contribution in [-0.2, 0) is 30.7 Å². The first-order valence-corrected chi connectivity index (χ1v) is 9.18. The average Bonchev–Trinajstić information content (AvgIpc) is 2.81. The highest BCUT2D eigenvalue weighted by Gasteiger charge is 2.19. The van der Waals surface area contributed by atoms with Gasteiger partial charge >= 0.3 is 5.97 Å². The predicted octanol–water partition coefficient (Wildman–Crippen LogP) is 3.13. The molecule has 31 heavy (non-hydrogen) atoms. The zero-order valence-electron chi connectivity index (χ0n) is 17.8. The Kier molecular flexibility index (Phi) is 8.80. The second-order valence-corrected chi connectivity index (χ2v) is 6.07. The SMILES string of the molecule is C#Cc1ccc(C(=NOC)C(C)=NOCc2ccccc2C(=NOC)C(=O)OC)cc1. The van der Waals surface area contributed by atoms with Crippen LogP contribution in [0.25, 0.3) is 0 Å². The standard InChI is InChI=1S/C23H23N3O5/c1-6-17-11-13-18(14-12-17)21(25-29-4)16(2)24-31-15-19-9-7-8-10-20(19)22(26-30-5)23(27)28-3/h1,7-14H,15H2,2-5H3. The van der Waals surface area contributed by atoms with Crippen molar-refractivity contribution in [2.45, 2.75) is 13.5 Å². The van der Waals surface area contributed by atoms with Crippen molar-refractivity contribution in [1.82, 2.24) is 0 Å². The van der Waals surface area contributed by atoms with Crippen molar-refractivity contribution in [3.63, 3.8) is 0 Å². The van der Waals surface area contributed by atoms with Crippen molar-refractivity contribution in [2.75, 3.05) is 21.3 Å². The number of esters is 1. The van der Waals surface area contributed by atoms with Crippen LogP contribution in [0.3, 0.4) is 0 Å². The van der Waals surface area contributed by atoms with Crippen molar-refractivity contribution in [2.24, 2.45) is 15.5 Å². The number of hydrogen-bond donors (Lipinski definition) is 0. The molecule has 0 aliphatic rings. The first-order valence-electron chi connectivity index (χ1n) is 9.18. The number of hydrogen-bond acceptors (Lipinski definition) is 8. The van der Waals surface area contributed by atoms with Gasteiger partial charge in [0.15, 0.2) is 5.71 Å². The van der Waals surface area contributed by atoms with E-state index < -0.39 is 5.97 Å². The van der Waals surface area contributed by atoms with Crippen molar-refractivity contribution in [1.29, 1.82) is 0 Å². The van der Waals surface area contributed by atoms with E-state index in [0.717, 1.165) is 11.1 Å². The molecule has 0 N–H and O–H groups in total. The summed E-state index contributed by atoms with van der Waals surface area (Å²) in [5, 5.41) is 12.0. The minimum atomic E-state index is -0.626. The molecule has 0 heterocycles. The number of rotatable bonds is 9. The van der Waals surface area contributed by atoms with Crippen LogP contribution < -0.4 is 0 Å². The molecule has 0 aromatic heterocycles. The number of oxime groups is 3. The van der Waals surface area contributed by atoms with Gasteiger partial charge in [0.2, 0.25) is 0 Å². The summed E-state index contributed by atoms with van der Waals surface area (Å²) >= 11 is 0.